The fraction of sp³-hybridized carbons (Fsp3) is 1.00. The minimum atomic E-state index is -2.78. The van der Waals surface area contributed by atoms with Crippen LogP contribution in [0.1, 0.15) is 53.4 Å². The summed E-state index contributed by atoms with van der Waals surface area (Å²) in [6, 6.07) is 0. The maximum absolute atomic E-state index is 11.2. The lowest BCUT2D eigenvalue weighted by atomic mass is 9.89. The maximum atomic E-state index is 11.2. The van der Waals surface area contributed by atoms with Crippen molar-refractivity contribution in [2.75, 3.05) is 11.5 Å². The molecule has 0 aromatic heterocycles. The Morgan fingerprint density at radius 2 is 1.69 bits per heavy atom. The molecule has 1 atom stereocenters. The predicted molar refractivity (Wildman–Crippen MR) is 71.9 cm³/mol. The Labute approximate surface area is 106 Å². The molecule has 1 unspecified atom stereocenters. The first-order valence-electron chi connectivity index (χ1n) is 6.03. The Hall–Kier alpha value is 0.240. The van der Waals surface area contributed by atoms with E-state index in [2.05, 4.69) is 20.8 Å². The first kappa shape index (κ1) is 16.2. The van der Waals surface area contributed by atoms with Crippen LogP contribution in [0.3, 0.4) is 0 Å². The van der Waals surface area contributed by atoms with Crippen molar-refractivity contribution >= 4 is 21.4 Å². The first-order chi connectivity index (χ1) is 7.19. The van der Waals surface area contributed by atoms with Crippen LogP contribution in [0, 0.1) is 5.41 Å². The Morgan fingerprint density at radius 3 is 2.12 bits per heavy atom. The van der Waals surface area contributed by atoms with Crippen LogP contribution in [0.2, 0.25) is 0 Å². The second-order valence-corrected chi connectivity index (χ2v) is 8.42. The van der Waals surface area contributed by atoms with Gasteiger partial charge in [-0.15, -0.1) is 11.6 Å². The van der Waals surface area contributed by atoms with Gasteiger partial charge in [0, 0.05) is 11.1 Å². The van der Waals surface area contributed by atoms with Crippen LogP contribution in [0.5, 0.6) is 0 Å². The van der Waals surface area contributed by atoms with Gasteiger partial charge in [-0.05, 0) is 18.3 Å². The van der Waals surface area contributed by atoms with Crippen LogP contribution in [0.25, 0.3) is 0 Å². The average molecular weight is 269 g/mol. The summed E-state index contributed by atoms with van der Waals surface area (Å²) in [6.45, 7) is 8.09. The van der Waals surface area contributed by atoms with Gasteiger partial charge in [0.2, 0.25) is 0 Å². The topological polar surface area (TPSA) is 34.1 Å². The second-order valence-electron chi connectivity index (χ2n) is 5.42. The van der Waals surface area contributed by atoms with Crippen molar-refractivity contribution in [3.63, 3.8) is 0 Å². The van der Waals surface area contributed by atoms with Crippen LogP contribution >= 0.6 is 11.6 Å². The first-order valence-corrected chi connectivity index (χ1v) is 8.29. The van der Waals surface area contributed by atoms with Gasteiger partial charge in [0.1, 0.15) is 9.84 Å². The molecule has 0 bridgehead atoms. The number of rotatable bonds is 7. The van der Waals surface area contributed by atoms with Crippen molar-refractivity contribution in [3.8, 4) is 0 Å². The second kappa shape index (κ2) is 6.85. The number of alkyl halides is 1. The number of hydrogen-bond donors (Lipinski definition) is 0. The highest BCUT2D eigenvalue weighted by Crippen LogP contribution is 2.28. The summed E-state index contributed by atoms with van der Waals surface area (Å²) in [5.74, 6) is 0.582. The molecule has 0 aromatic rings. The highest BCUT2D eigenvalue weighted by atomic mass is 35.5. The van der Waals surface area contributed by atoms with Gasteiger partial charge in [-0.3, -0.25) is 0 Å². The molecule has 0 spiro atoms. The predicted octanol–water partition coefficient (Wildman–Crippen LogP) is 3.64. The summed E-state index contributed by atoms with van der Waals surface area (Å²) in [5, 5.41) is 0.176. The summed E-state index contributed by atoms with van der Waals surface area (Å²) in [5.41, 5.74) is 0.136. The van der Waals surface area contributed by atoms with Crippen molar-refractivity contribution in [3.05, 3.63) is 0 Å². The molecular formula is C12H25ClO2S. The van der Waals surface area contributed by atoms with Gasteiger partial charge >= 0.3 is 0 Å². The zero-order valence-electron chi connectivity index (χ0n) is 10.9. The van der Waals surface area contributed by atoms with Crippen LogP contribution in [-0.4, -0.2) is 25.3 Å². The summed E-state index contributed by atoms with van der Waals surface area (Å²) >= 11 is 6.23. The molecule has 0 aromatic carbocycles. The minimum Gasteiger partial charge on any atom is -0.229 e. The third-order valence-electron chi connectivity index (χ3n) is 2.79. The van der Waals surface area contributed by atoms with Gasteiger partial charge in [-0.1, -0.05) is 40.5 Å². The highest BCUT2D eigenvalue weighted by Gasteiger charge is 2.21. The lowest BCUT2D eigenvalue weighted by Gasteiger charge is -2.24. The average Bonchev–Trinajstić information content (AvgIpc) is 2.15. The largest absolute Gasteiger partial charge is 0.229 e. The molecule has 98 valence electrons. The summed E-state index contributed by atoms with van der Waals surface area (Å²) < 4.78 is 22.5. The fourth-order valence-electron chi connectivity index (χ4n) is 1.40. The molecule has 0 radical (unpaired) electrons. The quantitative estimate of drug-likeness (QED) is 0.522. The van der Waals surface area contributed by atoms with Crippen molar-refractivity contribution in [1.82, 2.24) is 0 Å². The third-order valence-corrected chi connectivity index (χ3v) is 5.46. The van der Waals surface area contributed by atoms with Crippen LogP contribution in [-0.2, 0) is 9.84 Å². The van der Waals surface area contributed by atoms with Gasteiger partial charge < -0.3 is 0 Å². The van der Waals surface area contributed by atoms with E-state index in [9.17, 15) is 8.42 Å². The third kappa shape index (κ3) is 7.50. The van der Waals surface area contributed by atoms with Gasteiger partial charge in [-0.25, -0.2) is 8.42 Å². The molecular weight excluding hydrogens is 244 g/mol. The summed E-state index contributed by atoms with van der Waals surface area (Å²) in [4.78, 5) is 0. The normalized spacial score (nSPS) is 15.1. The molecule has 0 aliphatic rings. The van der Waals surface area contributed by atoms with E-state index >= 15 is 0 Å². The zero-order valence-corrected chi connectivity index (χ0v) is 12.5. The molecule has 4 heteroatoms. The van der Waals surface area contributed by atoms with Crippen molar-refractivity contribution in [2.24, 2.45) is 5.41 Å². The van der Waals surface area contributed by atoms with Crippen molar-refractivity contribution in [2.45, 2.75) is 58.8 Å². The van der Waals surface area contributed by atoms with E-state index in [1.807, 2.05) is 0 Å². The number of unbranched alkanes of at least 4 members (excludes halogenated alkanes) is 2. The van der Waals surface area contributed by atoms with E-state index in [0.717, 1.165) is 25.7 Å². The van der Waals surface area contributed by atoms with Crippen molar-refractivity contribution < 1.29 is 8.42 Å². The van der Waals surface area contributed by atoms with E-state index in [4.69, 9.17) is 11.6 Å². The molecule has 0 heterocycles. The Morgan fingerprint density at radius 1 is 1.12 bits per heavy atom. The summed E-state index contributed by atoms with van der Waals surface area (Å²) in [7, 11) is -2.78. The highest BCUT2D eigenvalue weighted by molar-refractivity contribution is 7.91. The molecule has 2 nitrogen and oxygen atoms in total. The lowest BCUT2D eigenvalue weighted by Crippen LogP contribution is -2.20. The minimum absolute atomic E-state index is 0.136. The molecule has 16 heavy (non-hydrogen) atoms. The van der Waals surface area contributed by atoms with Crippen LogP contribution in [0.4, 0.5) is 0 Å². The van der Waals surface area contributed by atoms with E-state index in [1.54, 1.807) is 6.92 Å². The number of halogens is 1. The monoisotopic (exact) mass is 268 g/mol. The molecule has 0 aliphatic heterocycles. The molecule has 0 saturated heterocycles. The zero-order chi connectivity index (χ0) is 12.8. The molecule has 0 fully saturated rings. The fourth-order valence-corrected chi connectivity index (χ4v) is 2.49. The Bertz CT molecular complexity index is 278. The Kier molecular flexibility index (Phi) is 6.95. The van der Waals surface area contributed by atoms with Gasteiger partial charge in [0.25, 0.3) is 0 Å². The van der Waals surface area contributed by atoms with Crippen molar-refractivity contribution in [1.29, 1.82) is 0 Å². The van der Waals surface area contributed by atoms with Gasteiger partial charge in [0.05, 0.1) is 5.75 Å². The number of sulfone groups is 1. The molecule has 0 amide bonds. The molecule has 0 N–H and O–H groups in total. The molecule has 0 saturated carbocycles. The molecule has 0 aliphatic carbocycles. The van der Waals surface area contributed by atoms with Gasteiger partial charge in [-0.2, -0.15) is 0 Å². The van der Waals surface area contributed by atoms with E-state index in [-0.39, 0.29) is 16.5 Å². The standard InChI is InChI=1S/C12H25ClO2S/c1-5-16(14,15)10-8-6-7-9-11(13)12(2,3)4/h11H,5-10H2,1-4H3. The van der Waals surface area contributed by atoms with Gasteiger partial charge in [0.15, 0.2) is 0 Å². The molecule has 0 rings (SSSR count). The Balaban J connectivity index is 3.63. The summed E-state index contributed by atoms with van der Waals surface area (Å²) in [6.07, 6.45) is 3.71. The van der Waals surface area contributed by atoms with Crippen LogP contribution in [0.15, 0.2) is 0 Å². The van der Waals surface area contributed by atoms with E-state index in [0.29, 0.717) is 5.75 Å². The smallest absolute Gasteiger partial charge is 0.150 e. The van der Waals surface area contributed by atoms with Crippen LogP contribution < -0.4 is 0 Å². The van der Waals surface area contributed by atoms with E-state index < -0.39 is 9.84 Å². The maximum Gasteiger partial charge on any atom is 0.150 e. The van der Waals surface area contributed by atoms with E-state index in [1.165, 1.54) is 0 Å². The number of hydrogen-bond acceptors (Lipinski definition) is 2. The SMILES string of the molecule is CCS(=O)(=O)CCCCCC(Cl)C(C)(C)C. The lowest BCUT2D eigenvalue weighted by molar-refractivity contribution is 0.366.